The van der Waals surface area contributed by atoms with E-state index in [4.69, 9.17) is 9.15 Å². The minimum Gasteiger partial charge on any atom is -0.462 e. The Morgan fingerprint density at radius 3 is 2.05 bits per heavy atom. The quantitative estimate of drug-likeness (QED) is 0.153. The Hall–Kier alpha value is -5.26. The van der Waals surface area contributed by atoms with Gasteiger partial charge < -0.3 is 25.1 Å². The van der Waals surface area contributed by atoms with Crippen molar-refractivity contribution in [3.63, 3.8) is 0 Å². The molecule has 0 spiro atoms. The summed E-state index contributed by atoms with van der Waals surface area (Å²) in [5.41, 5.74) is 4.21. The summed E-state index contributed by atoms with van der Waals surface area (Å²) >= 11 is 0. The monoisotopic (exact) mass is 519 g/mol. The van der Waals surface area contributed by atoms with Gasteiger partial charge in [0.05, 0.1) is 24.9 Å². The van der Waals surface area contributed by atoms with Crippen molar-refractivity contribution in [2.45, 2.75) is 20.4 Å². The molecule has 0 atom stereocenters. The second kappa shape index (κ2) is 13.2. The van der Waals surface area contributed by atoms with Crippen LogP contribution in [-0.4, -0.2) is 42.4 Å². The number of hydrazone groups is 1. The zero-order chi connectivity index (χ0) is 27.5. The topological polar surface area (TPSA) is 168 Å². The number of nitrogens with one attached hydrogen (secondary N) is 4. The fourth-order valence-electron chi connectivity index (χ4n) is 2.93. The molecule has 4 amide bonds. The number of esters is 1. The van der Waals surface area contributed by atoms with Gasteiger partial charge in [0.25, 0.3) is 0 Å². The van der Waals surface area contributed by atoms with Crippen LogP contribution in [0.3, 0.4) is 0 Å². The fraction of sp³-hybridized carbons (Fsp3) is 0.154. The van der Waals surface area contributed by atoms with Crippen molar-refractivity contribution in [2.24, 2.45) is 5.10 Å². The van der Waals surface area contributed by atoms with Crippen LogP contribution in [0.5, 0.6) is 0 Å². The van der Waals surface area contributed by atoms with E-state index in [1.165, 1.54) is 36.5 Å². The largest absolute Gasteiger partial charge is 0.462 e. The summed E-state index contributed by atoms with van der Waals surface area (Å²) in [6, 6.07) is 15.9. The minimum atomic E-state index is -0.970. The summed E-state index contributed by atoms with van der Waals surface area (Å²) in [6.45, 7) is 3.74. The van der Waals surface area contributed by atoms with Crippen LogP contribution in [-0.2, 0) is 30.5 Å². The fourth-order valence-corrected chi connectivity index (χ4v) is 2.93. The maximum absolute atomic E-state index is 12.1. The van der Waals surface area contributed by atoms with Crippen LogP contribution >= 0.6 is 0 Å². The Morgan fingerprint density at radius 2 is 1.42 bits per heavy atom. The number of aryl methyl sites for hydroxylation is 1. The summed E-state index contributed by atoms with van der Waals surface area (Å²) in [7, 11) is 0. The lowest BCUT2D eigenvalue weighted by Gasteiger charge is -2.07. The number of hydrogen-bond acceptors (Lipinski definition) is 8. The van der Waals surface area contributed by atoms with Gasteiger partial charge in [0.15, 0.2) is 0 Å². The molecule has 1 heterocycles. The molecule has 0 bridgehead atoms. The normalized spacial score (nSPS) is 10.5. The molecule has 38 heavy (non-hydrogen) atoms. The summed E-state index contributed by atoms with van der Waals surface area (Å²) in [5, 5.41) is 10.9. The van der Waals surface area contributed by atoms with Crippen molar-refractivity contribution >= 4 is 47.2 Å². The minimum absolute atomic E-state index is 0.0901. The molecule has 0 unspecified atom stereocenters. The molecule has 3 rings (SSSR count). The zero-order valence-corrected chi connectivity index (χ0v) is 20.6. The molecule has 0 saturated heterocycles. The average Bonchev–Trinajstić information content (AvgIpc) is 3.36. The molecule has 0 saturated carbocycles. The Bertz CT molecular complexity index is 1350. The van der Waals surface area contributed by atoms with Crippen LogP contribution in [0.15, 0.2) is 70.2 Å². The first-order chi connectivity index (χ1) is 18.2. The molecule has 12 heteroatoms. The number of rotatable bonds is 8. The van der Waals surface area contributed by atoms with Crippen LogP contribution < -0.4 is 21.4 Å². The van der Waals surface area contributed by atoms with Gasteiger partial charge >= 0.3 is 29.6 Å². The van der Waals surface area contributed by atoms with Crippen LogP contribution in [0.2, 0.25) is 0 Å². The molecule has 0 aliphatic rings. The molecule has 2 aromatic carbocycles. The molecule has 0 aliphatic carbocycles. The van der Waals surface area contributed by atoms with E-state index in [1.807, 2.05) is 6.92 Å². The van der Waals surface area contributed by atoms with E-state index in [0.717, 1.165) is 5.56 Å². The average molecular weight is 520 g/mol. The second-order valence-corrected chi connectivity index (χ2v) is 7.76. The van der Waals surface area contributed by atoms with Gasteiger partial charge in [-0.15, -0.1) is 0 Å². The predicted molar refractivity (Wildman–Crippen MR) is 137 cm³/mol. The molecule has 4 N–H and O–H groups in total. The van der Waals surface area contributed by atoms with Gasteiger partial charge in [0.2, 0.25) is 0 Å². The molecule has 3 aromatic rings. The predicted octanol–water partition coefficient (Wildman–Crippen LogP) is 2.11. The van der Waals surface area contributed by atoms with Gasteiger partial charge in [0.1, 0.15) is 11.5 Å². The highest BCUT2D eigenvalue weighted by Gasteiger charge is 2.15. The van der Waals surface area contributed by atoms with Gasteiger partial charge in [-0.2, -0.15) is 5.10 Å². The first-order valence-electron chi connectivity index (χ1n) is 11.4. The third-order valence-corrected chi connectivity index (χ3v) is 4.84. The highest BCUT2D eigenvalue weighted by atomic mass is 16.5. The number of carbonyl (C=O) groups excluding carboxylic acids is 5. The van der Waals surface area contributed by atoms with Crippen molar-refractivity contribution in [2.75, 3.05) is 17.2 Å². The van der Waals surface area contributed by atoms with Crippen LogP contribution in [0, 0.1) is 6.92 Å². The number of amides is 4. The van der Waals surface area contributed by atoms with E-state index >= 15 is 0 Å². The molecule has 12 nitrogen and oxygen atoms in total. The summed E-state index contributed by atoms with van der Waals surface area (Å²) in [4.78, 5) is 59.7. The van der Waals surface area contributed by atoms with Crippen molar-refractivity contribution < 1.29 is 33.1 Å². The van der Waals surface area contributed by atoms with E-state index in [1.54, 1.807) is 37.3 Å². The third-order valence-electron chi connectivity index (χ3n) is 4.84. The number of anilines is 2. The van der Waals surface area contributed by atoms with E-state index in [9.17, 15) is 24.0 Å². The van der Waals surface area contributed by atoms with Gasteiger partial charge in [-0.3, -0.25) is 19.2 Å². The number of hydrogen-bond donors (Lipinski definition) is 4. The van der Waals surface area contributed by atoms with Gasteiger partial charge in [-0.05, 0) is 62.4 Å². The van der Waals surface area contributed by atoms with Gasteiger partial charge in [0, 0.05) is 11.4 Å². The highest BCUT2D eigenvalue weighted by molar-refractivity contribution is 6.40. The summed E-state index contributed by atoms with van der Waals surface area (Å²) in [5.74, 6) is -3.61. The molecular formula is C26H25N5O7. The number of carbonyl (C=O) groups is 5. The Morgan fingerprint density at radius 1 is 0.816 bits per heavy atom. The molecule has 0 radical (unpaired) electrons. The Kier molecular flexibility index (Phi) is 9.46. The van der Waals surface area contributed by atoms with Crippen molar-refractivity contribution in [1.29, 1.82) is 0 Å². The van der Waals surface area contributed by atoms with E-state index < -0.39 is 29.6 Å². The first-order valence-corrected chi connectivity index (χ1v) is 11.4. The molecular weight excluding hydrogens is 494 g/mol. The molecule has 196 valence electrons. The molecule has 1 aromatic heterocycles. The van der Waals surface area contributed by atoms with Crippen LogP contribution in [0.4, 0.5) is 11.4 Å². The maximum Gasteiger partial charge on any atom is 0.338 e. The number of nitrogens with zero attached hydrogens (tertiary/aromatic N) is 1. The number of ether oxygens (including phenoxy) is 1. The standard InChI is InChI=1S/C26H25N5O7/c1-3-37-26(36)17-6-10-19(11-7-17)29-23(33)22(32)27-14-20-12-13-21(38-20)15-28-31-25(35)24(34)30-18-8-4-16(2)5-9-18/h4-13,15H,3,14H2,1-2H3,(H,27,32)(H,29,33)(H,30,34)(H,31,35)/b28-15+. The SMILES string of the molecule is CCOC(=O)c1ccc(NC(=O)C(=O)NCc2ccc(/C=N/NC(=O)C(=O)Nc3ccc(C)cc3)o2)cc1. The van der Waals surface area contributed by atoms with Crippen molar-refractivity contribution in [3.05, 3.63) is 83.3 Å². The third kappa shape index (κ3) is 8.16. The molecule has 0 aliphatic heterocycles. The molecule has 0 fully saturated rings. The van der Waals surface area contributed by atoms with E-state index in [0.29, 0.717) is 22.7 Å². The first kappa shape index (κ1) is 27.3. The van der Waals surface area contributed by atoms with Crippen molar-refractivity contribution in [1.82, 2.24) is 10.7 Å². The van der Waals surface area contributed by atoms with Gasteiger partial charge in [-0.25, -0.2) is 10.2 Å². The summed E-state index contributed by atoms with van der Waals surface area (Å²) in [6.07, 6.45) is 1.18. The van der Waals surface area contributed by atoms with Crippen molar-refractivity contribution in [3.8, 4) is 0 Å². The number of furan rings is 1. The van der Waals surface area contributed by atoms with Crippen LogP contribution in [0.1, 0.15) is 34.4 Å². The second-order valence-electron chi connectivity index (χ2n) is 7.76. The Balaban J connectivity index is 1.42. The zero-order valence-electron chi connectivity index (χ0n) is 20.6. The number of benzene rings is 2. The highest BCUT2D eigenvalue weighted by Crippen LogP contribution is 2.11. The lowest BCUT2D eigenvalue weighted by molar-refractivity contribution is -0.136. The van der Waals surface area contributed by atoms with E-state index in [-0.39, 0.29) is 18.9 Å². The van der Waals surface area contributed by atoms with Gasteiger partial charge in [-0.1, -0.05) is 17.7 Å². The smallest absolute Gasteiger partial charge is 0.338 e. The van der Waals surface area contributed by atoms with E-state index in [2.05, 4.69) is 26.5 Å². The lowest BCUT2D eigenvalue weighted by Crippen LogP contribution is -2.34. The van der Waals surface area contributed by atoms with Crippen LogP contribution in [0.25, 0.3) is 0 Å². The maximum atomic E-state index is 12.1. The summed E-state index contributed by atoms with van der Waals surface area (Å²) < 4.78 is 10.3. The Labute approximate surface area is 217 Å². The lowest BCUT2D eigenvalue weighted by atomic mass is 10.2.